The fourth-order valence-electron chi connectivity index (χ4n) is 2.78. The lowest BCUT2D eigenvalue weighted by Crippen LogP contribution is -2.23. The fourth-order valence-corrected chi connectivity index (χ4v) is 3.73. The van der Waals surface area contributed by atoms with Gasteiger partial charge in [0.25, 0.3) is 5.56 Å². The number of fused-ring (bicyclic) bond motifs is 1. The molecule has 0 radical (unpaired) electrons. The summed E-state index contributed by atoms with van der Waals surface area (Å²) in [7, 11) is 0. The summed E-state index contributed by atoms with van der Waals surface area (Å²) < 4.78 is 1.36. The average Bonchev–Trinajstić information content (AvgIpc) is 3.21. The molecule has 23 heavy (non-hydrogen) atoms. The number of aromatic nitrogens is 4. The van der Waals surface area contributed by atoms with E-state index in [2.05, 4.69) is 20.6 Å². The average molecular weight is 328 g/mol. The number of rotatable bonds is 3. The molecule has 8 heteroatoms. The van der Waals surface area contributed by atoms with Crippen LogP contribution >= 0.6 is 11.3 Å². The van der Waals surface area contributed by atoms with Crippen molar-refractivity contribution < 1.29 is 0 Å². The highest BCUT2D eigenvalue weighted by atomic mass is 32.1. The van der Waals surface area contributed by atoms with Crippen LogP contribution in [0.1, 0.15) is 35.1 Å². The van der Waals surface area contributed by atoms with Crippen LogP contribution in [0.15, 0.2) is 29.1 Å². The molecule has 4 rings (SSSR count). The van der Waals surface area contributed by atoms with Crippen molar-refractivity contribution in [1.82, 2.24) is 25.1 Å². The van der Waals surface area contributed by atoms with E-state index < -0.39 is 0 Å². The molecule has 3 heterocycles. The molecule has 1 fully saturated rings. The maximum atomic E-state index is 12.6. The number of anilines is 1. The predicted molar refractivity (Wildman–Crippen MR) is 88.6 cm³/mol. The maximum absolute atomic E-state index is 12.6. The van der Waals surface area contributed by atoms with Crippen LogP contribution in [0, 0.1) is 0 Å². The van der Waals surface area contributed by atoms with E-state index in [0.29, 0.717) is 22.8 Å². The minimum absolute atomic E-state index is 0.217. The number of para-hydroxylation sites is 1. The van der Waals surface area contributed by atoms with E-state index in [4.69, 9.17) is 5.73 Å². The normalized spacial score (nSPS) is 17.8. The van der Waals surface area contributed by atoms with Crippen molar-refractivity contribution in [2.24, 2.45) is 0 Å². The van der Waals surface area contributed by atoms with Gasteiger partial charge in [-0.3, -0.25) is 4.79 Å². The summed E-state index contributed by atoms with van der Waals surface area (Å²) in [5.74, 6) is 0. The van der Waals surface area contributed by atoms with E-state index in [1.807, 2.05) is 24.3 Å². The first-order chi connectivity index (χ1) is 11.2. The quantitative estimate of drug-likeness (QED) is 0.700. The van der Waals surface area contributed by atoms with Crippen LogP contribution in [-0.4, -0.2) is 26.4 Å². The Morgan fingerprint density at radius 2 is 2.22 bits per heavy atom. The van der Waals surface area contributed by atoms with Gasteiger partial charge in [0, 0.05) is 12.1 Å². The van der Waals surface area contributed by atoms with Gasteiger partial charge in [0.05, 0.1) is 6.04 Å². The summed E-state index contributed by atoms with van der Waals surface area (Å²) in [6.07, 6.45) is 2.52. The number of nitrogens with two attached hydrogens (primary N) is 1. The minimum atomic E-state index is -0.223. The largest absolute Gasteiger partial charge is 0.398 e. The highest BCUT2D eigenvalue weighted by Gasteiger charge is 2.22. The Kier molecular flexibility index (Phi) is 3.55. The Bertz CT molecular complexity index is 912. The third kappa shape index (κ3) is 2.60. The Hall–Kier alpha value is -2.32. The molecular weight excluding hydrogens is 312 g/mol. The van der Waals surface area contributed by atoms with E-state index in [0.717, 1.165) is 30.0 Å². The summed E-state index contributed by atoms with van der Waals surface area (Å²) in [4.78, 5) is 13.1. The van der Waals surface area contributed by atoms with Crippen LogP contribution in [0.2, 0.25) is 0 Å². The van der Waals surface area contributed by atoms with Crippen molar-refractivity contribution in [3.05, 3.63) is 50.9 Å². The third-order valence-electron chi connectivity index (χ3n) is 4.04. The molecule has 1 aliphatic rings. The van der Waals surface area contributed by atoms with Crippen molar-refractivity contribution in [2.75, 3.05) is 12.3 Å². The topological polar surface area (TPSA) is 98.2 Å². The number of benzene rings is 1. The molecule has 118 valence electrons. The van der Waals surface area contributed by atoms with E-state index >= 15 is 0 Å². The zero-order valence-electron chi connectivity index (χ0n) is 12.4. The van der Waals surface area contributed by atoms with Crippen molar-refractivity contribution in [3.63, 3.8) is 0 Å². The zero-order chi connectivity index (χ0) is 15.8. The summed E-state index contributed by atoms with van der Waals surface area (Å²) in [5, 5.41) is 17.0. The highest BCUT2D eigenvalue weighted by Crippen LogP contribution is 2.26. The second-order valence-electron chi connectivity index (χ2n) is 5.61. The van der Waals surface area contributed by atoms with Crippen molar-refractivity contribution in [3.8, 4) is 0 Å². The molecule has 0 saturated carbocycles. The van der Waals surface area contributed by atoms with Crippen LogP contribution in [-0.2, 0) is 6.42 Å². The molecule has 1 saturated heterocycles. The molecule has 1 aromatic carbocycles. The second kappa shape index (κ2) is 5.71. The van der Waals surface area contributed by atoms with Gasteiger partial charge in [-0.1, -0.05) is 29.5 Å². The van der Waals surface area contributed by atoms with Gasteiger partial charge in [0.2, 0.25) is 4.96 Å². The lowest BCUT2D eigenvalue weighted by molar-refractivity contribution is 0.626. The lowest BCUT2D eigenvalue weighted by Gasteiger charge is -2.03. The SMILES string of the molecule is Nc1ccccc1Cc1nnc2sc(C3CCCN3)nn2c1=O. The highest BCUT2D eigenvalue weighted by molar-refractivity contribution is 7.16. The number of nitrogens with zero attached hydrogens (tertiary/aromatic N) is 4. The van der Waals surface area contributed by atoms with Crippen LogP contribution in [0.5, 0.6) is 0 Å². The van der Waals surface area contributed by atoms with Crippen molar-refractivity contribution >= 4 is 22.0 Å². The summed E-state index contributed by atoms with van der Waals surface area (Å²) in [6, 6.07) is 7.67. The van der Waals surface area contributed by atoms with E-state index in [9.17, 15) is 4.79 Å². The first kappa shape index (κ1) is 14.3. The van der Waals surface area contributed by atoms with Gasteiger partial charge < -0.3 is 11.1 Å². The molecule has 0 aliphatic carbocycles. The Morgan fingerprint density at radius 3 is 3.00 bits per heavy atom. The summed E-state index contributed by atoms with van der Waals surface area (Å²) in [5.41, 5.74) is 7.59. The lowest BCUT2D eigenvalue weighted by atomic mass is 10.1. The first-order valence-corrected chi connectivity index (χ1v) is 8.36. The van der Waals surface area contributed by atoms with Gasteiger partial charge in [0.1, 0.15) is 10.7 Å². The number of nitrogen functional groups attached to an aromatic ring is 1. The second-order valence-corrected chi connectivity index (χ2v) is 6.60. The molecule has 1 aliphatic heterocycles. The predicted octanol–water partition coefficient (Wildman–Crippen LogP) is 1.14. The molecule has 3 N–H and O–H groups in total. The van der Waals surface area contributed by atoms with E-state index in [1.54, 1.807) is 0 Å². The summed E-state index contributed by atoms with van der Waals surface area (Å²) in [6.45, 7) is 0.986. The molecule has 2 aromatic heterocycles. The van der Waals surface area contributed by atoms with Crippen LogP contribution in [0.4, 0.5) is 5.69 Å². The Morgan fingerprint density at radius 1 is 1.35 bits per heavy atom. The monoisotopic (exact) mass is 328 g/mol. The minimum Gasteiger partial charge on any atom is -0.398 e. The standard InChI is InChI=1S/C15H16N6OS/c16-10-5-2-1-4-9(10)8-12-14(22)21-15(19-18-12)23-13(20-21)11-6-3-7-17-11/h1-2,4-5,11,17H,3,6-8,16H2. The molecule has 0 bridgehead atoms. The maximum Gasteiger partial charge on any atom is 0.297 e. The van der Waals surface area contributed by atoms with Gasteiger partial charge in [-0.15, -0.1) is 10.2 Å². The van der Waals surface area contributed by atoms with Crippen molar-refractivity contribution in [2.45, 2.75) is 25.3 Å². The number of hydrogen-bond donors (Lipinski definition) is 2. The molecule has 0 amide bonds. The number of nitrogens with one attached hydrogen (secondary N) is 1. The molecule has 1 unspecified atom stereocenters. The van der Waals surface area contributed by atoms with Gasteiger partial charge in [-0.05, 0) is 31.0 Å². The smallest absolute Gasteiger partial charge is 0.297 e. The Labute approximate surface area is 136 Å². The first-order valence-electron chi connectivity index (χ1n) is 7.54. The summed E-state index contributed by atoms with van der Waals surface area (Å²) >= 11 is 1.42. The third-order valence-corrected chi connectivity index (χ3v) is 5.05. The molecule has 0 spiro atoms. The fraction of sp³-hybridized carbons (Fsp3) is 0.333. The van der Waals surface area contributed by atoms with Gasteiger partial charge in [-0.2, -0.15) is 9.61 Å². The van der Waals surface area contributed by atoms with Crippen LogP contribution in [0.25, 0.3) is 4.96 Å². The Balaban J connectivity index is 1.73. The van der Waals surface area contributed by atoms with E-state index in [-0.39, 0.29) is 11.6 Å². The van der Waals surface area contributed by atoms with Gasteiger partial charge in [-0.25, -0.2) is 0 Å². The number of hydrogen-bond acceptors (Lipinski definition) is 7. The zero-order valence-corrected chi connectivity index (χ0v) is 13.2. The van der Waals surface area contributed by atoms with Crippen LogP contribution in [0.3, 0.4) is 0 Å². The van der Waals surface area contributed by atoms with Crippen LogP contribution < -0.4 is 16.6 Å². The molecule has 1 atom stereocenters. The van der Waals surface area contributed by atoms with Crippen molar-refractivity contribution in [1.29, 1.82) is 0 Å². The van der Waals surface area contributed by atoms with Gasteiger partial charge >= 0.3 is 0 Å². The van der Waals surface area contributed by atoms with E-state index in [1.165, 1.54) is 15.9 Å². The molecular formula is C15H16N6OS. The van der Waals surface area contributed by atoms with Gasteiger partial charge in [0.15, 0.2) is 0 Å². The molecule has 3 aromatic rings. The molecule has 7 nitrogen and oxygen atoms in total.